The van der Waals surface area contributed by atoms with E-state index < -0.39 is 59.9 Å². The molecule has 5 unspecified atom stereocenters. The molecule has 10 N–H and O–H groups in total. The fourth-order valence-electron chi connectivity index (χ4n) is 3.53. The number of nitrogens with one attached hydrogen (secondary N) is 4. The molecule has 0 fully saturated rings. The van der Waals surface area contributed by atoms with Crippen molar-refractivity contribution in [3.05, 3.63) is 54.1 Å². The largest absolute Gasteiger partial charge is 0.480 e. The van der Waals surface area contributed by atoms with Crippen molar-refractivity contribution in [2.75, 3.05) is 0 Å². The van der Waals surface area contributed by atoms with Gasteiger partial charge in [0.15, 0.2) is 0 Å². The Kier molecular flexibility index (Phi) is 11.4. The van der Waals surface area contributed by atoms with Crippen LogP contribution in [0.25, 0.3) is 0 Å². The first kappa shape index (κ1) is 29.9. The van der Waals surface area contributed by atoms with E-state index >= 15 is 0 Å². The van der Waals surface area contributed by atoms with E-state index in [0.29, 0.717) is 5.69 Å². The van der Waals surface area contributed by atoms with Crippen molar-refractivity contribution < 1.29 is 34.2 Å². The summed E-state index contributed by atoms with van der Waals surface area (Å²) in [5.41, 5.74) is 12.4. The number of primary amides is 1. The summed E-state index contributed by atoms with van der Waals surface area (Å²) in [4.78, 5) is 68.0. The minimum absolute atomic E-state index is 0.127. The highest BCUT2D eigenvalue weighted by atomic mass is 16.4. The number of nitrogens with zero attached hydrogens (tertiary/aromatic N) is 1. The number of aromatic nitrogens is 2. The number of imidazole rings is 1. The topological polar surface area (TPSA) is 243 Å². The molecule has 14 heteroatoms. The number of carbonyl (C=O) groups is 5. The Morgan fingerprint density at radius 2 is 1.63 bits per heavy atom. The van der Waals surface area contributed by atoms with Crippen molar-refractivity contribution in [2.24, 2.45) is 11.5 Å². The number of H-pyrrole nitrogens is 1. The Hall–Kier alpha value is -4.30. The molecule has 0 bridgehead atoms. The van der Waals surface area contributed by atoms with Crippen LogP contribution in [0.15, 0.2) is 42.9 Å². The lowest BCUT2D eigenvalue weighted by Gasteiger charge is -2.26. The zero-order valence-corrected chi connectivity index (χ0v) is 20.8. The van der Waals surface area contributed by atoms with Gasteiger partial charge in [0.05, 0.1) is 18.5 Å². The summed E-state index contributed by atoms with van der Waals surface area (Å²) >= 11 is 0. The number of aliphatic hydroxyl groups is 1. The molecule has 0 radical (unpaired) electrons. The number of rotatable bonds is 15. The second kappa shape index (κ2) is 14.4. The molecule has 5 atom stereocenters. The van der Waals surface area contributed by atoms with E-state index in [1.54, 1.807) is 24.3 Å². The molecule has 1 aromatic carbocycles. The Morgan fingerprint density at radius 1 is 0.974 bits per heavy atom. The van der Waals surface area contributed by atoms with Crippen molar-refractivity contribution in [1.82, 2.24) is 25.9 Å². The lowest BCUT2D eigenvalue weighted by atomic mass is 10.0. The third kappa shape index (κ3) is 9.63. The van der Waals surface area contributed by atoms with Gasteiger partial charge in [-0.05, 0) is 25.3 Å². The van der Waals surface area contributed by atoms with Gasteiger partial charge in [-0.2, -0.15) is 0 Å². The highest BCUT2D eigenvalue weighted by Gasteiger charge is 2.33. The average molecular weight is 532 g/mol. The third-order valence-corrected chi connectivity index (χ3v) is 5.60. The molecule has 0 aliphatic rings. The number of hydrogen-bond donors (Lipinski definition) is 8. The lowest BCUT2D eigenvalue weighted by molar-refractivity contribution is -0.143. The maximum Gasteiger partial charge on any atom is 0.326 e. The monoisotopic (exact) mass is 531 g/mol. The molecule has 0 saturated heterocycles. The number of benzene rings is 1. The lowest BCUT2D eigenvalue weighted by Crippen LogP contribution is -2.60. The van der Waals surface area contributed by atoms with E-state index in [2.05, 4.69) is 25.9 Å². The fourth-order valence-corrected chi connectivity index (χ4v) is 3.53. The van der Waals surface area contributed by atoms with Crippen molar-refractivity contribution in [3.63, 3.8) is 0 Å². The number of carbonyl (C=O) groups excluding carboxylic acids is 4. The average Bonchev–Trinajstić information content (AvgIpc) is 3.37. The second-order valence-corrected chi connectivity index (χ2v) is 8.77. The first-order valence-electron chi connectivity index (χ1n) is 11.8. The van der Waals surface area contributed by atoms with Gasteiger partial charge in [-0.3, -0.25) is 19.2 Å². The van der Waals surface area contributed by atoms with Gasteiger partial charge in [0.25, 0.3) is 0 Å². The molecule has 2 rings (SSSR count). The molecule has 0 aliphatic carbocycles. The molecule has 14 nitrogen and oxygen atoms in total. The first-order chi connectivity index (χ1) is 18.0. The number of aromatic amines is 1. The van der Waals surface area contributed by atoms with Crippen LogP contribution in [0.4, 0.5) is 0 Å². The van der Waals surface area contributed by atoms with Crippen LogP contribution in [0.2, 0.25) is 0 Å². The molecule has 1 aromatic heterocycles. The van der Waals surface area contributed by atoms with Gasteiger partial charge in [-0.1, -0.05) is 30.3 Å². The predicted octanol–water partition coefficient (Wildman–Crippen LogP) is -2.29. The smallest absolute Gasteiger partial charge is 0.326 e. The molecule has 1 heterocycles. The summed E-state index contributed by atoms with van der Waals surface area (Å²) in [6, 6.07) is 3.66. The summed E-state index contributed by atoms with van der Waals surface area (Å²) in [5.74, 6) is -4.61. The normalized spacial score (nSPS) is 14.8. The van der Waals surface area contributed by atoms with Crippen LogP contribution in [0.5, 0.6) is 0 Å². The Bertz CT molecular complexity index is 1090. The minimum Gasteiger partial charge on any atom is -0.480 e. The maximum atomic E-state index is 13.0. The fraction of sp³-hybridized carbons (Fsp3) is 0.417. The van der Waals surface area contributed by atoms with Crippen LogP contribution in [0.3, 0.4) is 0 Å². The van der Waals surface area contributed by atoms with Crippen LogP contribution < -0.4 is 27.4 Å². The van der Waals surface area contributed by atoms with Crippen LogP contribution in [-0.2, 0) is 36.8 Å². The number of amides is 4. The van der Waals surface area contributed by atoms with Gasteiger partial charge in [-0.15, -0.1) is 0 Å². The van der Waals surface area contributed by atoms with E-state index in [9.17, 15) is 34.2 Å². The van der Waals surface area contributed by atoms with E-state index in [1.165, 1.54) is 19.4 Å². The summed E-state index contributed by atoms with van der Waals surface area (Å²) in [5, 5.41) is 26.7. The molecule has 0 spiro atoms. The molecule has 206 valence electrons. The van der Waals surface area contributed by atoms with Gasteiger partial charge >= 0.3 is 5.97 Å². The summed E-state index contributed by atoms with van der Waals surface area (Å²) in [6.07, 6.45) is 0.903. The van der Waals surface area contributed by atoms with Gasteiger partial charge < -0.3 is 42.6 Å². The number of carboxylic acid groups (broad SMARTS) is 1. The summed E-state index contributed by atoms with van der Waals surface area (Å²) < 4.78 is 0. The Labute approximate surface area is 218 Å². The van der Waals surface area contributed by atoms with Crippen LogP contribution in [-0.4, -0.2) is 80.1 Å². The predicted molar refractivity (Wildman–Crippen MR) is 134 cm³/mol. The molecular formula is C24H33N7O7. The number of aliphatic carboxylic acids is 1. The van der Waals surface area contributed by atoms with E-state index in [1.807, 2.05) is 6.07 Å². The molecular weight excluding hydrogens is 498 g/mol. The summed E-state index contributed by atoms with van der Waals surface area (Å²) in [7, 11) is 0. The quantitative estimate of drug-likeness (QED) is 0.123. The first-order valence-corrected chi connectivity index (χ1v) is 11.8. The Morgan fingerprint density at radius 3 is 2.18 bits per heavy atom. The van der Waals surface area contributed by atoms with Crippen LogP contribution >= 0.6 is 0 Å². The van der Waals surface area contributed by atoms with Gasteiger partial charge in [-0.25, -0.2) is 9.78 Å². The third-order valence-electron chi connectivity index (χ3n) is 5.60. The van der Waals surface area contributed by atoms with Crippen molar-refractivity contribution in [2.45, 2.75) is 62.9 Å². The van der Waals surface area contributed by atoms with Crippen molar-refractivity contribution in [1.29, 1.82) is 0 Å². The molecule has 38 heavy (non-hydrogen) atoms. The highest BCUT2D eigenvalue weighted by Crippen LogP contribution is 2.06. The van der Waals surface area contributed by atoms with Gasteiger partial charge in [0.2, 0.25) is 23.6 Å². The SMILES string of the molecule is CC(O)C(NC(=O)C(CCC(N)=O)NC(=O)C(N)Cc1ccccc1)C(=O)NC(Cc1cnc[nH]1)C(=O)O. The molecule has 0 aliphatic heterocycles. The summed E-state index contributed by atoms with van der Waals surface area (Å²) in [6.45, 7) is 1.22. The number of nitrogens with two attached hydrogens (primary N) is 2. The zero-order chi connectivity index (χ0) is 28.2. The maximum absolute atomic E-state index is 13.0. The van der Waals surface area contributed by atoms with Crippen molar-refractivity contribution >= 4 is 29.6 Å². The molecule has 2 aromatic rings. The molecule has 0 saturated carbocycles. The van der Waals surface area contributed by atoms with E-state index in [4.69, 9.17) is 11.5 Å². The minimum atomic E-state index is -1.57. The Balaban J connectivity index is 2.10. The number of carboxylic acids is 1. The number of aliphatic hydroxyl groups excluding tert-OH is 1. The standard InChI is InChI=1S/C24H33N7O7/c1-13(32)20(23(36)30-18(24(37)38)10-15-11-27-12-28-15)31-22(35)17(7-8-19(26)33)29-21(34)16(25)9-14-5-3-2-4-6-14/h2-6,11-13,16-18,20,32H,7-10,25H2,1H3,(H2,26,33)(H,27,28)(H,29,34)(H,30,36)(H,31,35)(H,37,38). The van der Waals surface area contributed by atoms with Crippen molar-refractivity contribution in [3.8, 4) is 0 Å². The van der Waals surface area contributed by atoms with Crippen LogP contribution in [0, 0.1) is 0 Å². The highest BCUT2D eigenvalue weighted by molar-refractivity contribution is 5.94. The van der Waals surface area contributed by atoms with Gasteiger partial charge in [0.1, 0.15) is 18.1 Å². The second-order valence-electron chi connectivity index (χ2n) is 8.77. The molecule has 4 amide bonds. The van der Waals surface area contributed by atoms with E-state index in [-0.39, 0.29) is 25.7 Å². The van der Waals surface area contributed by atoms with Crippen LogP contribution in [0.1, 0.15) is 31.0 Å². The number of hydrogen-bond acceptors (Lipinski definition) is 8. The van der Waals surface area contributed by atoms with Gasteiger partial charge in [0, 0.05) is 24.7 Å². The van der Waals surface area contributed by atoms with E-state index in [0.717, 1.165) is 5.56 Å². The zero-order valence-electron chi connectivity index (χ0n) is 20.8.